The lowest BCUT2D eigenvalue weighted by Crippen LogP contribution is -2.41. The first-order valence-electron chi connectivity index (χ1n) is 8.84. The van der Waals surface area contributed by atoms with Gasteiger partial charge in [0.05, 0.1) is 19.8 Å². The van der Waals surface area contributed by atoms with Gasteiger partial charge in [-0.05, 0) is 32.1 Å². The summed E-state index contributed by atoms with van der Waals surface area (Å²) in [6.07, 6.45) is 3.54. The molecule has 0 radical (unpaired) electrons. The fraction of sp³-hybridized carbons (Fsp3) is 0.941. The summed E-state index contributed by atoms with van der Waals surface area (Å²) in [5.74, 6) is 1.74. The van der Waals surface area contributed by atoms with Crippen LogP contribution >= 0.6 is 0 Å². The van der Waals surface area contributed by atoms with Crippen LogP contribution in [0.25, 0.3) is 0 Å². The van der Waals surface area contributed by atoms with Gasteiger partial charge in [0, 0.05) is 38.3 Å². The minimum atomic E-state index is 0.379. The first kappa shape index (κ1) is 17.5. The minimum absolute atomic E-state index is 0.379. The highest BCUT2D eigenvalue weighted by molar-refractivity contribution is 5.80. The molecule has 0 amide bonds. The average molecular weight is 311 g/mol. The number of aliphatic imine (C=N–C) groups is 1. The van der Waals surface area contributed by atoms with E-state index in [4.69, 9.17) is 14.5 Å². The molecule has 1 unspecified atom stereocenters. The summed E-state index contributed by atoms with van der Waals surface area (Å²) < 4.78 is 11.3. The van der Waals surface area contributed by atoms with Crippen molar-refractivity contribution in [1.29, 1.82) is 0 Å². The maximum Gasteiger partial charge on any atom is 0.194 e. The number of guanidine groups is 1. The normalized spacial score (nSPS) is 25.6. The summed E-state index contributed by atoms with van der Waals surface area (Å²) in [7, 11) is 0. The molecule has 1 atom stereocenters. The van der Waals surface area contributed by atoms with E-state index in [1.54, 1.807) is 0 Å². The van der Waals surface area contributed by atoms with Crippen molar-refractivity contribution in [3.8, 4) is 0 Å². The van der Waals surface area contributed by atoms with Gasteiger partial charge in [0.15, 0.2) is 5.96 Å². The second-order valence-corrected chi connectivity index (χ2v) is 7.00. The maximum absolute atomic E-state index is 5.66. The van der Waals surface area contributed by atoms with E-state index in [1.807, 2.05) is 0 Å². The number of nitrogens with zero attached hydrogens (tertiary/aromatic N) is 2. The van der Waals surface area contributed by atoms with Crippen LogP contribution in [-0.4, -0.2) is 63.5 Å². The highest BCUT2D eigenvalue weighted by Crippen LogP contribution is 2.38. The third-order valence-electron chi connectivity index (χ3n) is 4.59. The topological polar surface area (TPSA) is 46.1 Å². The highest BCUT2D eigenvalue weighted by Gasteiger charge is 2.42. The SMILES string of the molecule is CCNC(=NCCOCCC(C)C)N1CCC2(CCOC2)C1. The minimum Gasteiger partial charge on any atom is -0.381 e. The lowest BCUT2D eigenvalue weighted by atomic mass is 9.87. The molecule has 2 heterocycles. The van der Waals surface area contributed by atoms with Crippen LogP contribution in [-0.2, 0) is 9.47 Å². The van der Waals surface area contributed by atoms with Gasteiger partial charge in [0.2, 0.25) is 0 Å². The Balaban J connectivity index is 1.75. The zero-order chi connectivity index (χ0) is 15.8. The van der Waals surface area contributed by atoms with Gasteiger partial charge in [0.25, 0.3) is 0 Å². The summed E-state index contributed by atoms with van der Waals surface area (Å²) in [6.45, 7) is 13.8. The number of nitrogens with one attached hydrogen (secondary N) is 1. The molecule has 1 spiro atoms. The molecule has 5 nitrogen and oxygen atoms in total. The predicted octanol–water partition coefficient (Wildman–Crippen LogP) is 2.13. The lowest BCUT2D eigenvalue weighted by molar-refractivity contribution is 0.130. The van der Waals surface area contributed by atoms with Gasteiger partial charge in [-0.15, -0.1) is 0 Å². The second kappa shape index (κ2) is 8.73. The highest BCUT2D eigenvalue weighted by atomic mass is 16.5. The molecule has 1 N–H and O–H groups in total. The van der Waals surface area contributed by atoms with E-state index in [0.29, 0.717) is 17.9 Å². The Morgan fingerprint density at radius 1 is 1.36 bits per heavy atom. The van der Waals surface area contributed by atoms with Crippen molar-refractivity contribution in [2.75, 3.05) is 52.6 Å². The Morgan fingerprint density at radius 2 is 2.23 bits per heavy atom. The number of hydrogen-bond donors (Lipinski definition) is 1. The fourth-order valence-electron chi connectivity index (χ4n) is 3.15. The Labute approximate surface area is 135 Å². The van der Waals surface area contributed by atoms with E-state index < -0.39 is 0 Å². The van der Waals surface area contributed by atoms with Crippen molar-refractivity contribution in [2.24, 2.45) is 16.3 Å². The van der Waals surface area contributed by atoms with E-state index in [2.05, 4.69) is 31.0 Å². The summed E-state index contributed by atoms with van der Waals surface area (Å²) in [5.41, 5.74) is 0.379. The second-order valence-electron chi connectivity index (χ2n) is 7.00. The Hall–Kier alpha value is -0.810. The van der Waals surface area contributed by atoms with Crippen LogP contribution in [0.15, 0.2) is 4.99 Å². The molecule has 2 saturated heterocycles. The molecule has 2 fully saturated rings. The molecule has 0 aromatic heterocycles. The van der Waals surface area contributed by atoms with E-state index in [9.17, 15) is 0 Å². The predicted molar refractivity (Wildman–Crippen MR) is 90.3 cm³/mol. The Bertz CT molecular complexity index is 352. The molecular weight excluding hydrogens is 278 g/mol. The summed E-state index contributed by atoms with van der Waals surface area (Å²) in [4.78, 5) is 7.13. The molecule has 0 aromatic carbocycles. The van der Waals surface area contributed by atoms with Crippen molar-refractivity contribution in [3.05, 3.63) is 0 Å². The fourth-order valence-corrected chi connectivity index (χ4v) is 3.15. The van der Waals surface area contributed by atoms with Gasteiger partial charge >= 0.3 is 0 Å². The smallest absolute Gasteiger partial charge is 0.194 e. The van der Waals surface area contributed by atoms with E-state index >= 15 is 0 Å². The van der Waals surface area contributed by atoms with Crippen LogP contribution in [0.5, 0.6) is 0 Å². The first-order valence-corrected chi connectivity index (χ1v) is 8.84. The van der Waals surface area contributed by atoms with Crippen molar-refractivity contribution < 1.29 is 9.47 Å². The Morgan fingerprint density at radius 3 is 2.91 bits per heavy atom. The molecule has 128 valence electrons. The molecule has 2 aliphatic heterocycles. The zero-order valence-corrected chi connectivity index (χ0v) is 14.6. The van der Waals surface area contributed by atoms with Gasteiger partial charge in [-0.2, -0.15) is 0 Å². The summed E-state index contributed by atoms with van der Waals surface area (Å²) in [5, 5.41) is 3.42. The quantitative estimate of drug-likeness (QED) is 0.444. The first-order chi connectivity index (χ1) is 10.7. The van der Waals surface area contributed by atoms with E-state index in [1.165, 1.54) is 12.8 Å². The van der Waals surface area contributed by atoms with Crippen LogP contribution in [0.1, 0.15) is 40.0 Å². The molecule has 2 aliphatic rings. The summed E-state index contributed by atoms with van der Waals surface area (Å²) >= 11 is 0. The molecular formula is C17H33N3O2. The molecule has 0 aliphatic carbocycles. The molecule has 0 bridgehead atoms. The third kappa shape index (κ3) is 5.13. The number of ether oxygens (including phenoxy) is 2. The van der Waals surface area contributed by atoms with Gasteiger partial charge < -0.3 is 19.7 Å². The van der Waals surface area contributed by atoms with Crippen molar-refractivity contribution in [3.63, 3.8) is 0 Å². The largest absolute Gasteiger partial charge is 0.381 e. The van der Waals surface area contributed by atoms with Crippen molar-refractivity contribution >= 4 is 5.96 Å². The molecule has 5 heteroatoms. The zero-order valence-electron chi connectivity index (χ0n) is 14.6. The molecule has 22 heavy (non-hydrogen) atoms. The molecule has 0 saturated carbocycles. The van der Waals surface area contributed by atoms with Gasteiger partial charge in [-0.3, -0.25) is 4.99 Å². The summed E-state index contributed by atoms with van der Waals surface area (Å²) in [6, 6.07) is 0. The van der Waals surface area contributed by atoms with Gasteiger partial charge in [-0.25, -0.2) is 0 Å². The molecule has 0 aromatic rings. The van der Waals surface area contributed by atoms with Crippen molar-refractivity contribution in [1.82, 2.24) is 10.2 Å². The third-order valence-corrected chi connectivity index (χ3v) is 4.59. The molecule has 2 rings (SSSR count). The van der Waals surface area contributed by atoms with Gasteiger partial charge in [0.1, 0.15) is 0 Å². The lowest BCUT2D eigenvalue weighted by Gasteiger charge is -2.25. The van der Waals surface area contributed by atoms with E-state index in [0.717, 1.165) is 58.4 Å². The van der Waals surface area contributed by atoms with Crippen LogP contribution in [0, 0.1) is 11.3 Å². The maximum atomic E-state index is 5.66. The van der Waals surface area contributed by atoms with E-state index in [-0.39, 0.29) is 0 Å². The van der Waals surface area contributed by atoms with Crippen LogP contribution in [0.2, 0.25) is 0 Å². The van der Waals surface area contributed by atoms with Crippen LogP contribution < -0.4 is 5.32 Å². The number of hydrogen-bond acceptors (Lipinski definition) is 3. The number of rotatable bonds is 7. The van der Waals surface area contributed by atoms with Crippen LogP contribution in [0.3, 0.4) is 0 Å². The van der Waals surface area contributed by atoms with Crippen molar-refractivity contribution in [2.45, 2.75) is 40.0 Å². The standard InChI is InChI=1S/C17H33N3O2/c1-4-18-16(19-8-12-21-10-5-15(2)3)20-9-6-17(13-20)7-11-22-14-17/h15H,4-14H2,1-3H3,(H,18,19). The Kier molecular flexibility index (Phi) is 6.96. The average Bonchev–Trinajstić information content (AvgIpc) is 3.12. The van der Waals surface area contributed by atoms with Gasteiger partial charge in [-0.1, -0.05) is 13.8 Å². The van der Waals surface area contributed by atoms with Crippen LogP contribution in [0.4, 0.5) is 0 Å². The number of likely N-dealkylation sites (tertiary alicyclic amines) is 1. The monoisotopic (exact) mass is 311 g/mol.